The molecule has 19 heteroatoms. The van der Waals surface area contributed by atoms with Gasteiger partial charge in [0.05, 0.1) is 26.4 Å². The molecule has 600 valence electrons. The Hall–Kier alpha value is -1.94. The molecule has 0 aliphatic heterocycles. The number of aliphatic hydroxyl groups is 1. The van der Waals surface area contributed by atoms with Gasteiger partial charge in [-0.15, -0.1) is 0 Å². The fourth-order valence-corrected chi connectivity index (χ4v) is 14.3. The highest BCUT2D eigenvalue weighted by atomic mass is 31.2. The minimum Gasteiger partial charge on any atom is -0.462 e. The SMILES string of the molecule is CCCCCCCCCCCCCCCCCCCCC(=O)O[C@H](COC(=O)CCCCCCCCCCCCCCCCC(C)C)COP(=O)(O)OC[C@@H](O)COP(=O)(O)OC[C@@H](COC(=O)CCCCCCCCCCCCC)OC(=O)CCCCCCCCCCCCCCCCC. The molecule has 0 aromatic carbocycles. The average molecular weight is 1480 g/mol. The highest BCUT2D eigenvalue weighted by molar-refractivity contribution is 7.47. The molecule has 0 heterocycles. The van der Waals surface area contributed by atoms with Crippen molar-refractivity contribution in [2.75, 3.05) is 39.6 Å². The number of unbranched alkanes of at least 4 members (excludes halogenated alkanes) is 54. The average Bonchev–Trinajstić information content (AvgIpc) is 0.919. The Labute approximate surface area is 619 Å². The van der Waals surface area contributed by atoms with Crippen molar-refractivity contribution >= 4 is 39.5 Å². The zero-order valence-corrected chi connectivity index (χ0v) is 67.8. The van der Waals surface area contributed by atoms with Crippen LogP contribution in [0.25, 0.3) is 0 Å². The van der Waals surface area contributed by atoms with E-state index in [-0.39, 0.29) is 25.7 Å². The quantitative estimate of drug-likeness (QED) is 0.0222. The molecule has 0 bridgehead atoms. The summed E-state index contributed by atoms with van der Waals surface area (Å²) >= 11 is 0. The number of hydrogen-bond donors (Lipinski definition) is 3. The molecular weight excluding hydrogens is 1320 g/mol. The predicted molar refractivity (Wildman–Crippen MR) is 414 cm³/mol. The van der Waals surface area contributed by atoms with Gasteiger partial charge in [0, 0.05) is 25.7 Å². The number of hydrogen-bond acceptors (Lipinski definition) is 15. The predicted octanol–water partition coefficient (Wildman–Crippen LogP) is 24.8. The highest BCUT2D eigenvalue weighted by Gasteiger charge is 2.30. The Morgan fingerprint density at radius 1 is 0.267 bits per heavy atom. The minimum atomic E-state index is -4.96. The van der Waals surface area contributed by atoms with E-state index in [1.54, 1.807) is 0 Å². The first-order valence-corrected chi connectivity index (χ1v) is 45.6. The second-order valence-corrected chi connectivity index (χ2v) is 32.9. The molecule has 0 rings (SSSR count). The first kappa shape index (κ1) is 99.1. The minimum absolute atomic E-state index is 0.109. The third-order valence-corrected chi connectivity index (χ3v) is 21.2. The van der Waals surface area contributed by atoms with Gasteiger partial charge >= 0.3 is 39.5 Å². The number of esters is 4. The van der Waals surface area contributed by atoms with E-state index in [4.69, 9.17) is 37.0 Å². The Morgan fingerprint density at radius 3 is 0.673 bits per heavy atom. The van der Waals surface area contributed by atoms with Gasteiger partial charge in [0.15, 0.2) is 12.2 Å². The maximum absolute atomic E-state index is 13.1. The highest BCUT2D eigenvalue weighted by Crippen LogP contribution is 2.45. The maximum atomic E-state index is 13.1. The summed E-state index contributed by atoms with van der Waals surface area (Å²) in [6.45, 7) is 7.37. The van der Waals surface area contributed by atoms with Crippen molar-refractivity contribution < 1.29 is 80.2 Å². The normalized spacial score (nSPS) is 13.8. The van der Waals surface area contributed by atoms with E-state index in [9.17, 15) is 43.2 Å². The number of aliphatic hydroxyl groups excluding tert-OH is 1. The van der Waals surface area contributed by atoms with Crippen LogP contribution in [0.15, 0.2) is 0 Å². The van der Waals surface area contributed by atoms with Crippen molar-refractivity contribution in [2.24, 2.45) is 5.92 Å². The number of phosphoric ester groups is 2. The number of ether oxygens (including phenoxy) is 4. The van der Waals surface area contributed by atoms with Crippen molar-refractivity contribution in [3.8, 4) is 0 Å². The van der Waals surface area contributed by atoms with E-state index < -0.39 is 97.5 Å². The third kappa shape index (κ3) is 76.1. The summed E-state index contributed by atoms with van der Waals surface area (Å²) in [5.41, 5.74) is 0. The molecule has 0 saturated carbocycles. The van der Waals surface area contributed by atoms with Crippen LogP contribution in [0.5, 0.6) is 0 Å². The smallest absolute Gasteiger partial charge is 0.462 e. The van der Waals surface area contributed by atoms with Gasteiger partial charge in [0.25, 0.3) is 0 Å². The largest absolute Gasteiger partial charge is 0.472 e. The summed E-state index contributed by atoms with van der Waals surface area (Å²) in [6, 6.07) is 0. The van der Waals surface area contributed by atoms with Gasteiger partial charge in [-0.05, 0) is 31.6 Å². The van der Waals surface area contributed by atoms with Crippen molar-refractivity contribution in [3.63, 3.8) is 0 Å². The molecule has 0 aliphatic rings. The number of carbonyl (C=O) groups is 4. The Bertz CT molecular complexity index is 1930. The molecule has 0 amide bonds. The van der Waals surface area contributed by atoms with E-state index in [0.29, 0.717) is 25.7 Å². The zero-order valence-electron chi connectivity index (χ0n) is 66.1. The second-order valence-electron chi connectivity index (χ2n) is 30.0. The summed E-state index contributed by atoms with van der Waals surface area (Å²) in [5, 5.41) is 10.7. The maximum Gasteiger partial charge on any atom is 0.472 e. The molecule has 0 aromatic rings. The fraction of sp³-hybridized carbons (Fsp3) is 0.951. The Kier molecular flexibility index (Phi) is 73.5. The van der Waals surface area contributed by atoms with Gasteiger partial charge in [-0.1, -0.05) is 388 Å². The zero-order chi connectivity index (χ0) is 74.1. The fourth-order valence-electron chi connectivity index (χ4n) is 12.8. The van der Waals surface area contributed by atoms with Crippen LogP contribution in [-0.4, -0.2) is 96.7 Å². The van der Waals surface area contributed by atoms with E-state index in [1.807, 2.05) is 0 Å². The van der Waals surface area contributed by atoms with Crippen molar-refractivity contribution in [1.82, 2.24) is 0 Å². The summed E-state index contributed by atoms with van der Waals surface area (Å²) < 4.78 is 68.8. The lowest BCUT2D eigenvalue weighted by molar-refractivity contribution is -0.161. The second kappa shape index (κ2) is 74.9. The standard InChI is InChI=1S/C82H160O17P2/c1-6-9-12-15-18-21-24-26-28-29-30-32-38-43-48-53-58-63-68-82(87)99-78(72-93-80(85)66-61-56-51-46-41-36-34-33-35-40-44-49-54-59-64-75(4)5)74-97-101(90,91)95-70-76(83)69-94-100(88,89)96-73-77(71-92-79(84)65-60-55-50-45-39-23-20-17-14-11-8-3)98-81(86)67-62-57-52-47-42-37-31-27-25-22-19-16-13-10-7-2/h75-78,83H,6-74H2,1-5H3,(H,88,89)(H,90,91)/t76-,77+,78+/m0/s1. The molecule has 17 nitrogen and oxygen atoms in total. The molecule has 3 N–H and O–H groups in total. The molecule has 0 aliphatic carbocycles. The molecule has 0 radical (unpaired) electrons. The monoisotopic (exact) mass is 1480 g/mol. The number of carbonyl (C=O) groups excluding carboxylic acids is 4. The first-order valence-electron chi connectivity index (χ1n) is 42.6. The van der Waals surface area contributed by atoms with Gasteiger partial charge < -0.3 is 33.8 Å². The topological polar surface area (TPSA) is 237 Å². The van der Waals surface area contributed by atoms with Crippen LogP contribution >= 0.6 is 15.6 Å². The molecule has 0 saturated heterocycles. The summed E-state index contributed by atoms with van der Waals surface area (Å²) in [7, 11) is -9.92. The summed E-state index contributed by atoms with van der Waals surface area (Å²) in [5.74, 6) is -1.30. The van der Waals surface area contributed by atoms with Gasteiger partial charge in [0.1, 0.15) is 19.3 Å². The molecule has 101 heavy (non-hydrogen) atoms. The van der Waals surface area contributed by atoms with Crippen molar-refractivity contribution in [3.05, 3.63) is 0 Å². The van der Waals surface area contributed by atoms with Gasteiger partial charge in [-0.25, -0.2) is 9.13 Å². The first-order chi connectivity index (χ1) is 49.0. The van der Waals surface area contributed by atoms with E-state index >= 15 is 0 Å². The van der Waals surface area contributed by atoms with Crippen molar-refractivity contribution in [2.45, 2.75) is 457 Å². The Balaban J connectivity index is 5.25. The van der Waals surface area contributed by atoms with Crippen LogP contribution in [0.2, 0.25) is 0 Å². The van der Waals surface area contributed by atoms with Crippen LogP contribution in [0.1, 0.15) is 439 Å². The van der Waals surface area contributed by atoms with Crippen LogP contribution < -0.4 is 0 Å². The van der Waals surface area contributed by atoms with E-state index in [1.165, 1.54) is 263 Å². The van der Waals surface area contributed by atoms with Crippen molar-refractivity contribution in [1.29, 1.82) is 0 Å². The lowest BCUT2D eigenvalue weighted by Crippen LogP contribution is -2.30. The van der Waals surface area contributed by atoms with E-state index in [2.05, 4.69) is 34.6 Å². The summed E-state index contributed by atoms with van der Waals surface area (Å²) in [6.07, 6.45) is 66.4. The van der Waals surface area contributed by atoms with Crippen LogP contribution in [-0.2, 0) is 65.4 Å². The van der Waals surface area contributed by atoms with E-state index in [0.717, 1.165) is 95.8 Å². The van der Waals surface area contributed by atoms with Crippen LogP contribution in [0.4, 0.5) is 0 Å². The lowest BCUT2D eigenvalue weighted by atomic mass is 10.0. The number of phosphoric acid groups is 2. The lowest BCUT2D eigenvalue weighted by Gasteiger charge is -2.21. The van der Waals surface area contributed by atoms with Gasteiger partial charge in [-0.2, -0.15) is 0 Å². The molecule has 0 spiro atoms. The van der Waals surface area contributed by atoms with Crippen LogP contribution in [0.3, 0.4) is 0 Å². The molecule has 5 atom stereocenters. The molecular formula is C82H160O17P2. The van der Waals surface area contributed by atoms with Gasteiger partial charge in [0.2, 0.25) is 0 Å². The Morgan fingerprint density at radius 2 is 0.455 bits per heavy atom. The van der Waals surface area contributed by atoms with Gasteiger partial charge in [-0.3, -0.25) is 37.3 Å². The van der Waals surface area contributed by atoms with Crippen LogP contribution in [0, 0.1) is 5.92 Å². The summed E-state index contributed by atoms with van der Waals surface area (Å²) in [4.78, 5) is 73.1. The molecule has 2 unspecified atom stereocenters. The molecule has 0 fully saturated rings. The number of rotatable bonds is 82. The third-order valence-electron chi connectivity index (χ3n) is 19.3. The molecule has 0 aromatic heterocycles.